The highest BCUT2D eigenvalue weighted by atomic mass is 16.7. The van der Waals surface area contributed by atoms with Crippen molar-refractivity contribution in [2.75, 3.05) is 25.2 Å². The van der Waals surface area contributed by atoms with Crippen molar-refractivity contribution < 1.29 is 14.3 Å². The molecular weight excluding hydrogens is 232 g/mol. The van der Waals surface area contributed by atoms with Gasteiger partial charge in [0.2, 0.25) is 12.7 Å². The van der Waals surface area contributed by atoms with Gasteiger partial charge in [0.05, 0.1) is 6.54 Å². The first-order valence-electron chi connectivity index (χ1n) is 6.05. The molecule has 5 heteroatoms. The molecule has 1 aliphatic rings. The molecule has 1 amide bonds. The summed E-state index contributed by atoms with van der Waals surface area (Å²) in [6.45, 7) is 5.58. The minimum atomic E-state index is -0.0606. The van der Waals surface area contributed by atoms with Crippen LogP contribution in [0, 0.1) is 5.92 Å². The Morgan fingerprint density at radius 3 is 2.89 bits per heavy atom. The molecule has 2 rings (SSSR count). The van der Waals surface area contributed by atoms with Crippen LogP contribution in [-0.2, 0) is 4.79 Å². The zero-order valence-electron chi connectivity index (χ0n) is 10.7. The Morgan fingerprint density at radius 1 is 1.33 bits per heavy atom. The van der Waals surface area contributed by atoms with Crippen LogP contribution in [0.1, 0.15) is 13.8 Å². The molecule has 1 aromatic carbocycles. The molecule has 5 nitrogen and oxygen atoms in total. The van der Waals surface area contributed by atoms with E-state index in [4.69, 9.17) is 9.47 Å². The fourth-order valence-corrected chi connectivity index (χ4v) is 1.65. The maximum atomic E-state index is 11.6. The lowest BCUT2D eigenvalue weighted by Crippen LogP contribution is -2.30. The van der Waals surface area contributed by atoms with Gasteiger partial charge in [-0.25, -0.2) is 0 Å². The maximum absolute atomic E-state index is 11.6. The van der Waals surface area contributed by atoms with Crippen molar-refractivity contribution in [3.63, 3.8) is 0 Å². The first-order valence-corrected chi connectivity index (χ1v) is 6.05. The van der Waals surface area contributed by atoms with Gasteiger partial charge in [-0.2, -0.15) is 0 Å². The van der Waals surface area contributed by atoms with Crippen molar-refractivity contribution in [1.29, 1.82) is 0 Å². The minimum absolute atomic E-state index is 0.0606. The van der Waals surface area contributed by atoms with Crippen molar-refractivity contribution in [3.8, 4) is 11.5 Å². The largest absolute Gasteiger partial charge is 0.454 e. The average Bonchev–Trinajstić information content (AvgIpc) is 2.75. The van der Waals surface area contributed by atoms with Crippen LogP contribution in [0.15, 0.2) is 18.2 Å². The van der Waals surface area contributed by atoms with E-state index < -0.39 is 0 Å². The van der Waals surface area contributed by atoms with Crippen LogP contribution in [0.25, 0.3) is 0 Å². The van der Waals surface area contributed by atoms with Crippen LogP contribution in [-0.4, -0.2) is 25.8 Å². The van der Waals surface area contributed by atoms with Crippen molar-refractivity contribution in [2.24, 2.45) is 5.92 Å². The molecular formula is C13H18N2O3. The first kappa shape index (κ1) is 12.7. The lowest BCUT2D eigenvalue weighted by Gasteiger charge is -2.08. The number of rotatable bonds is 5. The van der Waals surface area contributed by atoms with Crippen molar-refractivity contribution in [2.45, 2.75) is 13.8 Å². The lowest BCUT2D eigenvalue weighted by atomic mass is 10.2. The molecule has 0 spiro atoms. The Balaban J connectivity index is 1.84. The van der Waals surface area contributed by atoms with Crippen molar-refractivity contribution in [3.05, 3.63) is 18.2 Å². The van der Waals surface area contributed by atoms with Gasteiger partial charge in [0, 0.05) is 11.8 Å². The third kappa shape index (κ3) is 3.37. The third-order valence-electron chi connectivity index (χ3n) is 2.49. The van der Waals surface area contributed by atoms with Crippen LogP contribution in [0.3, 0.4) is 0 Å². The molecule has 0 radical (unpaired) electrons. The molecule has 0 saturated heterocycles. The highest BCUT2D eigenvalue weighted by Gasteiger charge is 2.13. The first-order chi connectivity index (χ1) is 8.65. The quantitative estimate of drug-likeness (QED) is 0.833. The number of benzene rings is 1. The van der Waals surface area contributed by atoms with Crippen LogP contribution >= 0.6 is 0 Å². The molecule has 0 bridgehead atoms. The molecule has 18 heavy (non-hydrogen) atoms. The molecule has 98 valence electrons. The molecule has 1 aromatic rings. The Labute approximate surface area is 106 Å². The SMILES string of the molecule is CC(C)CNCC(=O)Nc1ccc2c(c1)OCO2. The Bertz CT molecular complexity index is 432. The van der Waals surface area contributed by atoms with E-state index in [-0.39, 0.29) is 12.7 Å². The number of hydrogen-bond acceptors (Lipinski definition) is 4. The van der Waals surface area contributed by atoms with Gasteiger partial charge in [-0.05, 0) is 24.6 Å². The average molecular weight is 250 g/mol. The molecule has 1 aliphatic heterocycles. The van der Waals surface area contributed by atoms with E-state index in [1.54, 1.807) is 18.2 Å². The molecule has 0 fully saturated rings. The van der Waals surface area contributed by atoms with Crippen molar-refractivity contribution >= 4 is 11.6 Å². The van der Waals surface area contributed by atoms with E-state index >= 15 is 0 Å². The topological polar surface area (TPSA) is 59.6 Å². The van der Waals surface area contributed by atoms with E-state index in [2.05, 4.69) is 24.5 Å². The summed E-state index contributed by atoms with van der Waals surface area (Å²) in [5.41, 5.74) is 0.718. The summed E-state index contributed by atoms with van der Waals surface area (Å²) in [7, 11) is 0. The highest BCUT2D eigenvalue weighted by Crippen LogP contribution is 2.34. The fraction of sp³-hybridized carbons (Fsp3) is 0.462. The van der Waals surface area contributed by atoms with E-state index in [1.807, 2.05) is 0 Å². The summed E-state index contributed by atoms with van der Waals surface area (Å²) < 4.78 is 10.4. The normalized spacial score (nSPS) is 12.8. The second-order valence-corrected chi connectivity index (χ2v) is 4.64. The number of anilines is 1. The van der Waals surface area contributed by atoms with Crippen molar-refractivity contribution in [1.82, 2.24) is 5.32 Å². The number of carbonyl (C=O) groups excluding carboxylic acids is 1. The van der Waals surface area contributed by atoms with Gasteiger partial charge in [-0.3, -0.25) is 4.79 Å². The number of ether oxygens (including phenoxy) is 2. The van der Waals surface area contributed by atoms with Gasteiger partial charge < -0.3 is 20.1 Å². The van der Waals surface area contributed by atoms with Gasteiger partial charge in [0.25, 0.3) is 0 Å². The molecule has 0 aliphatic carbocycles. The molecule has 0 aromatic heterocycles. The molecule has 1 heterocycles. The van der Waals surface area contributed by atoms with Gasteiger partial charge >= 0.3 is 0 Å². The number of amides is 1. The number of hydrogen-bond donors (Lipinski definition) is 2. The van der Waals surface area contributed by atoms with E-state index in [1.165, 1.54) is 0 Å². The summed E-state index contributed by atoms with van der Waals surface area (Å²) in [6, 6.07) is 5.36. The van der Waals surface area contributed by atoms with Crippen LogP contribution in [0.2, 0.25) is 0 Å². The van der Waals surface area contributed by atoms with E-state index in [0.29, 0.717) is 24.0 Å². The van der Waals surface area contributed by atoms with Gasteiger partial charge in [-0.1, -0.05) is 13.8 Å². The zero-order chi connectivity index (χ0) is 13.0. The third-order valence-corrected chi connectivity index (χ3v) is 2.49. The fourth-order valence-electron chi connectivity index (χ4n) is 1.65. The van der Waals surface area contributed by atoms with E-state index in [0.717, 1.165) is 12.2 Å². The molecule has 0 atom stereocenters. The number of fused-ring (bicyclic) bond motifs is 1. The molecule has 0 unspecified atom stereocenters. The molecule has 0 saturated carbocycles. The second kappa shape index (κ2) is 5.73. The number of carbonyl (C=O) groups is 1. The summed E-state index contributed by atoms with van der Waals surface area (Å²) in [5.74, 6) is 1.85. The van der Waals surface area contributed by atoms with Gasteiger partial charge in [0.1, 0.15) is 0 Å². The summed E-state index contributed by atoms with van der Waals surface area (Å²) >= 11 is 0. The maximum Gasteiger partial charge on any atom is 0.238 e. The Hall–Kier alpha value is -1.75. The van der Waals surface area contributed by atoms with Gasteiger partial charge in [-0.15, -0.1) is 0 Å². The number of nitrogens with one attached hydrogen (secondary N) is 2. The van der Waals surface area contributed by atoms with Crippen LogP contribution < -0.4 is 20.1 Å². The molecule has 2 N–H and O–H groups in total. The Morgan fingerprint density at radius 2 is 2.11 bits per heavy atom. The minimum Gasteiger partial charge on any atom is -0.454 e. The lowest BCUT2D eigenvalue weighted by molar-refractivity contribution is -0.115. The van der Waals surface area contributed by atoms with Gasteiger partial charge in [0.15, 0.2) is 11.5 Å². The summed E-state index contributed by atoms with van der Waals surface area (Å²) in [4.78, 5) is 11.6. The summed E-state index contributed by atoms with van der Waals surface area (Å²) in [5, 5.41) is 5.90. The van der Waals surface area contributed by atoms with Crippen LogP contribution in [0.4, 0.5) is 5.69 Å². The Kier molecular flexibility index (Phi) is 4.04. The predicted molar refractivity (Wildman–Crippen MR) is 68.9 cm³/mol. The summed E-state index contributed by atoms with van der Waals surface area (Å²) in [6.07, 6.45) is 0. The van der Waals surface area contributed by atoms with Crippen LogP contribution in [0.5, 0.6) is 11.5 Å². The highest BCUT2D eigenvalue weighted by molar-refractivity contribution is 5.92. The second-order valence-electron chi connectivity index (χ2n) is 4.64. The smallest absolute Gasteiger partial charge is 0.238 e. The monoisotopic (exact) mass is 250 g/mol. The van der Waals surface area contributed by atoms with E-state index in [9.17, 15) is 4.79 Å². The standard InChI is InChI=1S/C13H18N2O3/c1-9(2)6-14-7-13(16)15-10-3-4-11-12(5-10)18-8-17-11/h3-5,9,14H,6-8H2,1-2H3,(H,15,16). The zero-order valence-corrected chi connectivity index (χ0v) is 10.7. The predicted octanol–water partition coefficient (Wildman–Crippen LogP) is 1.60.